The Hall–Kier alpha value is -9.38. The topological polar surface area (TPSA) is 51.6 Å². The van der Waals surface area contributed by atoms with Crippen molar-refractivity contribution in [2.75, 3.05) is 0 Å². The van der Waals surface area contributed by atoms with Crippen molar-refractivity contribution in [3.63, 3.8) is 0 Å². The van der Waals surface area contributed by atoms with Gasteiger partial charge < -0.3 is 0 Å². The van der Waals surface area contributed by atoms with E-state index >= 15 is 0 Å². The van der Waals surface area contributed by atoms with Crippen LogP contribution < -0.4 is 0 Å². The molecular formula is C68H42N4. The molecule has 0 aliphatic heterocycles. The van der Waals surface area contributed by atoms with Gasteiger partial charge in [0.15, 0.2) is 11.6 Å². The van der Waals surface area contributed by atoms with Crippen molar-refractivity contribution in [2.24, 2.45) is 0 Å². The zero-order valence-electron chi connectivity index (χ0n) is 39.0. The predicted octanol–water partition coefficient (Wildman–Crippen LogP) is 16.9. The molecule has 2 unspecified atom stereocenters. The SMILES string of the molecule is c1ccc(-c2nc(-c3ccc4c(c3)C3c5ccccc5C4c4cc(-c5cc(-c6cc7ccccc7c7ccccc67)nc(-c6ccccc6)n5)ccc43)cc(-c3cc4ccccc4c4ccccc34)n2)cc1. The number of hydrogen-bond donors (Lipinski definition) is 0. The molecule has 72 heavy (non-hydrogen) atoms. The molecular weight excluding hydrogens is 873 g/mol. The van der Waals surface area contributed by atoms with E-state index in [0.717, 1.165) is 56.2 Å². The minimum Gasteiger partial charge on any atom is -0.228 e. The van der Waals surface area contributed by atoms with Crippen LogP contribution in [0.4, 0.5) is 0 Å². The fraction of sp³-hybridized carbons (Fsp3) is 0.0294. The fourth-order valence-electron chi connectivity index (χ4n) is 12.0. The number of aromatic nitrogens is 4. The first kappa shape index (κ1) is 40.5. The molecule has 0 N–H and O–H groups in total. The van der Waals surface area contributed by atoms with Crippen LogP contribution in [0.3, 0.4) is 0 Å². The van der Waals surface area contributed by atoms with E-state index in [0.29, 0.717) is 11.6 Å². The van der Waals surface area contributed by atoms with Crippen LogP contribution >= 0.6 is 0 Å². The van der Waals surface area contributed by atoms with Crippen LogP contribution in [0.15, 0.2) is 243 Å². The van der Waals surface area contributed by atoms with E-state index in [-0.39, 0.29) is 11.8 Å². The summed E-state index contributed by atoms with van der Waals surface area (Å²) < 4.78 is 0. The van der Waals surface area contributed by atoms with Gasteiger partial charge in [-0.15, -0.1) is 0 Å². The molecule has 0 amide bonds. The van der Waals surface area contributed by atoms with Gasteiger partial charge in [0.25, 0.3) is 0 Å². The number of hydrogen-bond acceptors (Lipinski definition) is 4. The van der Waals surface area contributed by atoms with E-state index < -0.39 is 0 Å². The fourth-order valence-corrected chi connectivity index (χ4v) is 12.0. The average molecular weight is 915 g/mol. The third-order valence-corrected chi connectivity index (χ3v) is 15.2. The van der Waals surface area contributed by atoms with Crippen molar-refractivity contribution in [1.29, 1.82) is 0 Å². The minimum atomic E-state index is 0.0503. The van der Waals surface area contributed by atoms with E-state index in [1.807, 2.05) is 12.1 Å². The van der Waals surface area contributed by atoms with Crippen LogP contribution in [0.1, 0.15) is 45.2 Å². The molecule has 0 radical (unpaired) electrons. The maximum atomic E-state index is 5.35. The molecule has 0 spiro atoms. The summed E-state index contributed by atoms with van der Waals surface area (Å²) >= 11 is 0. The lowest BCUT2D eigenvalue weighted by Gasteiger charge is -2.42. The van der Waals surface area contributed by atoms with Gasteiger partial charge in [-0.3, -0.25) is 0 Å². The maximum Gasteiger partial charge on any atom is 0.160 e. The highest BCUT2D eigenvalue weighted by molar-refractivity contribution is 6.14. The predicted molar refractivity (Wildman–Crippen MR) is 295 cm³/mol. The number of fused-ring (bicyclic) bond motifs is 6. The highest BCUT2D eigenvalue weighted by atomic mass is 14.9. The molecule has 3 aliphatic rings. The second kappa shape index (κ2) is 16.1. The molecule has 2 bridgehead atoms. The molecule has 2 atom stereocenters. The number of benzene rings is 11. The summed E-state index contributed by atoms with van der Waals surface area (Å²) in [6, 6.07) is 87.5. The molecule has 2 aromatic heterocycles. The van der Waals surface area contributed by atoms with E-state index in [1.54, 1.807) is 0 Å². The Morgan fingerprint density at radius 3 is 1.01 bits per heavy atom. The largest absolute Gasteiger partial charge is 0.228 e. The van der Waals surface area contributed by atoms with E-state index in [4.69, 9.17) is 19.9 Å². The van der Waals surface area contributed by atoms with Crippen LogP contribution in [-0.4, -0.2) is 19.9 Å². The molecule has 4 nitrogen and oxygen atoms in total. The van der Waals surface area contributed by atoms with Crippen LogP contribution in [0.2, 0.25) is 0 Å². The molecule has 334 valence electrons. The van der Waals surface area contributed by atoms with Gasteiger partial charge in [-0.05, 0) is 113 Å². The monoisotopic (exact) mass is 914 g/mol. The summed E-state index contributed by atoms with van der Waals surface area (Å²) in [6.45, 7) is 0. The molecule has 11 aromatic carbocycles. The first-order valence-corrected chi connectivity index (χ1v) is 24.8. The first-order valence-electron chi connectivity index (χ1n) is 24.8. The van der Waals surface area contributed by atoms with Gasteiger partial charge in [0, 0.05) is 45.2 Å². The molecule has 0 saturated heterocycles. The third-order valence-electron chi connectivity index (χ3n) is 15.2. The van der Waals surface area contributed by atoms with Crippen LogP contribution in [0.5, 0.6) is 0 Å². The Kier molecular flexibility index (Phi) is 9.05. The van der Waals surface area contributed by atoms with Gasteiger partial charge in [0.2, 0.25) is 0 Å². The summed E-state index contributed by atoms with van der Waals surface area (Å²) in [5.41, 5.74) is 18.0. The molecule has 3 aliphatic carbocycles. The van der Waals surface area contributed by atoms with Crippen molar-refractivity contribution >= 4 is 43.1 Å². The lowest BCUT2D eigenvalue weighted by Crippen LogP contribution is -2.27. The van der Waals surface area contributed by atoms with Crippen LogP contribution in [0.25, 0.3) is 111 Å². The highest BCUT2D eigenvalue weighted by Crippen LogP contribution is 2.57. The van der Waals surface area contributed by atoms with Crippen molar-refractivity contribution in [1.82, 2.24) is 19.9 Å². The first-order chi connectivity index (χ1) is 35.7. The zero-order valence-corrected chi connectivity index (χ0v) is 39.0. The van der Waals surface area contributed by atoms with Crippen LogP contribution in [-0.2, 0) is 0 Å². The average Bonchev–Trinajstić information content (AvgIpc) is 3.46. The molecule has 16 rings (SSSR count). The molecule has 4 heteroatoms. The minimum absolute atomic E-state index is 0.0503. The van der Waals surface area contributed by atoms with Gasteiger partial charge in [-0.2, -0.15) is 0 Å². The summed E-state index contributed by atoms with van der Waals surface area (Å²) in [7, 11) is 0. The third kappa shape index (κ3) is 6.39. The number of rotatable bonds is 6. The van der Waals surface area contributed by atoms with Gasteiger partial charge in [-0.1, -0.05) is 206 Å². The smallest absolute Gasteiger partial charge is 0.160 e. The zero-order chi connectivity index (χ0) is 47.3. The summed E-state index contributed by atoms with van der Waals surface area (Å²) in [4.78, 5) is 21.4. The molecule has 0 fully saturated rings. The standard InChI is InChI=1S/C68H42N4/c1-3-17-41(18-4-1)67-69-61(39-63(71-67)57-35-43-21-7-9-23-47(43)49-25-11-13-27-51(49)57)45-31-33-55-59(37-45)65-53-29-15-16-30-54(53)66(55)60-38-46(32-34-56(60)65)62-40-64(72-68(70-62)42-19-5-2-6-20-42)58-36-44-22-8-10-24-48(44)50-26-12-14-28-52(50)58/h1-40,65-66H. The normalized spacial score (nSPS) is 14.4. The van der Waals surface area contributed by atoms with E-state index in [2.05, 4.69) is 231 Å². The van der Waals surface area contributed by atoms with E-state index in [1.165, 1.54) is 76.5 Å². The van der Waals surface area contributed by atoms with Crippen LogP contribution in [0, 0.1) is 0 Å². The quantitative estimate of drug-likeness (QED) is 0.156. The van der Waals surface area contributed by atoms with Gasteiger partial charge in [-0.25, -0.2) is 19.9 Å². The second-order valence-electron chi connectivity index (χ2n) is 19.2. The van der Waals surface area contributed by atoms with Crippen molar-refractivity contribution in [3.05, 3.63) is 276 Å². The van der Waals surface area contributed by atoms with E-state index in [9.17, 15) is 0 Å². The van der Waals surface area contributed by atoms with Gasteiger partial charge in [0.05, 0.1) is 22.8 Å². The summed E-state index contributed by atoms with van der Waals surface area (Å²) in [5, 5.41) is 9.63. The summed E-state index contributed by atoms with van der Waals surface area (Å²) in [5.74, 6) is 1.52. The molecule has 2 heterocycles. The Morgan fingerprint density at radius 2 is 0.569 bits per heavy atom. The Bertz CT molecular complexity index is 4070. The van der Waals surface area contributed by atoms with Crippen molar-refractivity contribution in [3.8, 4) is 67.8 Å². The number of nitrogens with zero attached hydrogens (tertiary/aromatic N) is 4. The lowest BCUT2D eigenvalue weighted by molar-refractivity contribution is 0.755. The van der Waals surface area contributed by atoms with Crippen molar-refractivity contribution < 1.29 is 0 Å². The van der Waals surface area contributed by atoms with Gasteiger partial charge >= 0.3 is 0 Å². The van der Waals surface area contributed by atoms with Gasteiger partial charge in [0.1, 0.15) is 0 Å². The van der Waals surface area contributed by atoms with Crippen molar-refractivity contribution in [2.45, 2.75) is 11.8 Å². The Labute approximate surface area is 416 Å². The molecule has 0 saturated carbocycles. The Morgan fingerprint density at radius 1 is 0.222 bits per heavy atom. The maximum absolute atomic E-state index is 5.35. The summed E-state index contributed by atoms with van der Waals surface area (Å²) in [6.07, 6.45) is 0. The second-order valence-corrected chi connectivity index (χ2v) is 19.2. The molecule has 13 aromatic rings. The Balaban J connectivity index is 0.883. The highest BCUT2D eigenvalue weighted by Gasteiger charge is 2.41. The lowest BCUT2D eigenvalue weighted by atomic mass is 9.60.